The molecule has 268 valence electrons. The molecule has 0 amide bonds. The van der Waals surface area contributed by atoms with Crippen LogP contribution in [0.25, 0.3) is 94.6 Å². The number of hydrogen-bond acceptors (Lipinski definition) is 0. The van der Waals surface area contributed by atoms with Crippen LogP contribution < -0.4 is 0 Å². The highest BCUT2D eigenvalue weighted by atomic mass is 15.0. The van der Waals surface area contributed by atoms with Crippen LogP contribution in [0, 0.1) is 0 Å². The largest absolute Gasteiger partial charge is 0.309 e. The van der Waals surface area contributed by atoms with Crippen molar-refractivity contribution in [2.24, 2.45) is 0 Å². The van der Waals surface area contributed by atoms with Crippen molar-refractivity contribution in [3.05, 3.63) is 237 Å². The first kappa shape index (κ1) is 34.0. The maximum absolute atomic E-state index is 2.49. The van der Waals surface area contributed by atoms with E-state index in [1.807, 2.05) is 0 Å². The standard InChI is InChI=1S/C56H39N/c1-6-16-40(17-7-1)44-26-28-46(29-27-44)49-34-35-54-53(39-49)55(47-32-30-45(31-33-47)41-18-8-2-9-19-41)56(48-24-14-5-15-25-48)57(54)52-37-50(42-20-10-3-11-21-42)36-51(38-52)43-22-12-4-13-23-43/h1-39H. The molecule has 0 spiro atoms. The Morgan fingerprint density at radius 3 is 1.00 bits per heavy atom. The summed E-state index contributed by atoms with van der Waals surface area (Å²) in [5.41, 5.74) is 18.9. The zero-order valence-corrected chi connectivity index (χ0v) is 31.5. The second-order valence-electron chi connectivity index (χ2n) is 14.5. The van der Waals surface area contributed by atoms with Gasteiger partial charge in [0.25, 0.3) is 0 Å². The zero-order chi connectivity index (χ0) is 38.0. The van der Waals surface area contributed by atoms with Gasteiger partial charge in [-0.2, -0.15) is 0 Å². The van der Waals surface area contributed by atoms with Gasteiger partial charge in [-0.1, -0.05) is 206 Å². The Balaban J connectivity index is 1.24. The van der Waals surface area contributed by atoms with Gasteiger partial charge in [0, 0.05) is 16.6 Å². The summed E-state index contributed by atoms with van der Waals surface area (Å²) in [6, 6.07) is 85.7. The maximum atomic E-state index is 2.49. The quantitative estimate of drug-likeness (QED) is 0.147. The van der Waals surface area contributed by atoms with Gasteiger partial charge in [0.15, 0.2) is 0 Å². The molecule has 0 N–H and O–H groups in total. The van der Waals surface area contributed by atoms with E-state index in [1.54, 1.807) is 0 Å². The number of hydrogen-bond donors (Lipinski definition) is 0. The van der Waals surface area contributed by atoms with Crippen molar-refractivity contribution in [2.45, 2.75) is 0 Å². The zero-order valence-electron chi connectivity index (χ0n) is 31.5. The Hall–Kier alpha value is -7.48. The monoisotopic (exact) mass is 725 g/mol. The molecule has 1 heterocycles. The summed E-state index contributed by atoms with van der Waals surface area (Å²) in [5, 5.41) is 1.21. The highest BCUT2D eigenvalue weighted by Gasteiger charge is 2.23. The predicted octanol–water partition coefficient (Wildman–Crippen LogP) is 15.3. The molecule has 1 heteroatoms. The number of rotatable bonds is 8. The highest BCUT2D eigenvalue weighted by molar-refractivity contribution is 6.07. The smallest absolute Gasteiger partial charge is 0.0619 e. The molecular weight excluding hydrogens is 687 g/mol. The first-order chi connectivity index (χ1) is 28.3. The van der Waals surface area contributed by atoms with Crippen molar-refractivity contribution >= 4 is 10.9 Å². The topological polar surface area (TPSA) is 4.93 Å². The van der Waals surface area contributed by atoms with E-state index in [0.29, 0.717) is 0 Å². The van der Waals surface area contributed by atoms with E-state index in [2.05, 4.69) is 241 Å². The summed E-state index contributed by atoms with van der Waals surface area (Å²) in [4.78, 5) is 0. The fraction of sp³-hybridized carbons (Fsp3) is 0. The highest BCUT2D eigenvalue weighted by Crippen LogP contribution is 2.45. The normalized spacial score (nSPS) is 11.2. The Morgan fingerprint density at radius 1 is 0.228 bits per heavy atom. The minimum Gasteiger partial charge on any atom is -0.309 e. The molecule has 0 bridgehead atoms. The lowest BCUT2D eigenvalue weighted by atomic mass is 9.94. The molecule has 10 aromatic rings. The van der Waals surface area contributed by atoms with E-state index >= 15 is 0 Å². The Morgan fingerprint density at radius 2 is 0.561 bits per heavy atom. The third-order valence-corrected chi connectivity index (χ3v) is 11.0. The van der Waals surface area contributed by atoms with Crippen molar-refractivity contribution in [2.75, 3.05) is 0 Å². The fourth-order valence-electron chi connectivity index (χ4n) is 8.18. The van der Waals surface area contributed by atoms with Crippen LogP contribution in [0.1, 0.15) is 0 Å². The molecule has 1 nitrogen and oxygen atoms in total. The van der Waals surface area contributed by atoms with E-state index in [1.165, 1.54) is 77.8 Å². The molecule has 0 saturated heterocycles. The summed E-state index contributed by atoms with van der Waals surface area (Å²) in [6.07, 6.45) is 0. The van der Waals surface area contributed by atoms with Crippen molar-refractivity contribution in [3.63, 3.8) is 0 Å². The number of fused-ring (bicyclic) bond motifs is 1. The van der Waals surface area contributed by atoms with Crippen LogP contribution in [-0.2, 0) is 0 Å². The van der Waals surface area contributed by atoms with Gasteiger partial charge in [-0.05, 0) is 97.1 Å². The van der Waals surface area contributed by atoms with E-state index in [4.69, 9.17) is 0 Å². The average molecular weight is 726 g/mol. The molecule has 9 aromatic carbocycles. The third kappa shape index (κ3) is 6.66. The van der Waals surface area contributed by atoms with Gasteiger partial charge in [-0.15, -0.1) is 0 Å². The summed E-state index contributed by atoms with van der Waals surface area (Å²) < 4.78 is 2.49. The minimum atomic E-state index is 1.12. The molecular formula is C56H39N. The van der Waals surface area contributed by atoms with Crippen LogP contribution in [0.3, 0.4) is 0 Å². The molecule has 0 fully saturated rings. The van der Waals surface area contributed by atoms with Gasteiger partial charge in [-0.3, -0.25) is 0 Å². The third-order valence-electron chi connectivity index (χ3n) is 11.0. The lowest BCUT2D eigenvalue weighted by molar-refractivity contribution is 1.14. The van der Waals surface area contributed by atoms with Crippen molar-refractivity contribution in [1.82, 2.24) is 4.57 Å². The van der Waals surface area contributed by atoms with Gasteiger partial charge < -0.3 is 4.57 Å². The Kier molecular flexibility index (Phi) is 8.95. The van der Waals surface area contributed by atoms with Gasteiger partial charge in [-0.25, -0.2) is 0 Å². The van der Waals surface area contributed by atoms with Gasteiger partial charge in [0.1, 0.15) is 0 Å². The molecule has 10 rings (SSSR count). The van der Waals surface area contributed by atoms with E-state index < -0.39 is 0 Å². The van der Waals surface area contributed by atoms with Crippen molar-refractivity contribution in [1.29, 1.82) is 0 Å². The molecule has 0 saturated carbocycles. The molecule has 1 aromatic heterocycles. The molecule has 0 aliphatic rings. The average Bonchev–Trinajstić information content (AvgIpc) is 3.65. The molecule has 0 radical (unpaired) electrons. The van der Waals surface area contributed by atoms with Crippen molar-refractivity contribution in [3.8, 4) is 83.7 Å². The summed E-state index contributed by atoms with van der Waals surface area (Å²) in [6.45, 7) is 0. The lowest BCUT2D eigenvalue weighted by Crippen LogP contribution is -1.99. The first-order valence-corrected chi connectivity index (χ1v) is 19.6. The summed E-state index contributed by atoms with van der Waals surface area (Å²) in [7, 11) is 0. The molecule has 0 aliphatic heterocycles. The van der Waals surface area contributed by atoms with Crippen LogP contribution in [0.5, 0.6) is 0 Å². The van der Waals surface area contributed by atoms with Crippen LogP contribution in [0.4, 0.5) is 0 Å². The maximum Gasteiger partial charge on any atom is 0.0619 e. The minimum absolute atomic E-state index is 1.12. The SMILES string of the molecule is c1ccc(-c2ccc(-c3ccc4c(c3)c(-c3ccc(-c5ccccc5)cc3)c(-c3ccccc3)n4-c3cc(-c4ccccc4)cc(-c4ccccc4)c3)cc2)cc1. The second kappa shape index (κ2) is 15.0. The van der Waals surface area contributed by atoms with E-state index in [0.717, 1.165) is 16.8 Å². The Bertz CT molecular complexity index is 2870. The number of nitrogens with zero attached hydrogens (tertiary/aromatic N) is 1. The summed E-state index contributed by atoms with van der Waals surface area (Å²) in [5.74, 6) is 0. The molecule has 0 atom stereocenters. The van der Waals surface area contributed by atoms with Crippen LogP contribution in [0.2, 0.25) is 0 Å². The second-order valence-corrected chi connectivity index (χ2v) is 14.5. The number of benzene rings is 9. The summed E-state index contributed by atoms with van der Waals surface area (Å²) >= 11 is 0. The van der Waals surface area contributed by atoms with E-state index in [9.17, 15) is 0 Å². The first-order valence-electron chi connectivity index (χ1n) is 19.6. The predicted molar refractivity (Wildman–Crippen MR) is 241 cm³/mol. The molecule has 57 heavy (non-hydrogen) atoms. The number of aromatic nitrogens is 1. The van der Waals surface area contributed by atoms with E-state index in [-0.39, 0.29) is 0 Å². The van der Waals surface area contributed by atoms with Crippen LogP contribution in [-0.4, -0.2) is 4.57 Å². The van der Waals surface area contributed by atoms with Gasteiger partial charge in [0.2, 0.25) is 0 Å². The van der Waals surface area contributed by atoms with Crippen molar-refractivity contribution < 1.29 is 0 Å². The Labute approximate surface area is 334 Å². The fourth-order valence-corrected chi connectivity index (χ4v) is 8.18. The molecule has 0 aliphatic carbocycles. The van der Waals surface area contributed by atoms with Crippen LogP contribution >= 0.6 is 0 Å². The van der Waals surface area contributed by atoms with Gasteiger partial charge in [0.05, 0.1) is 11.2 Å². The van der Waals surface area contributed by atoms with Gasteiger partial charge >= 0.3 is 0 Å². The lowest BCUT2D eigenvalue weighted by Gasteiger charge is -2.17. The molecule has 0 unspecified atom stereocenters. The van der Waals surface area contributed by atoms with Crippen LogP contribution in [0.15, 0.2) is 237 Å².